The molecular formula is C22H30F2N4O2. The highest BCUT2D eigenvalue weighted by atomic mass is 19.1. The van der Waals surface area contributed by atoms with Gasteiger partial charge in [0.2, 0.25) is 0 Å². The van der Waals surface area contributed by atoms with E-state index in [-0.39, 0.29) is 5.69 Å². The van der Waals surface area contributed by atoms with Crippen LogP contribution >= 0.6 is 0 Å². The van der Waals surface area contributed by atoms with Crippen molar-refractivity contribution in [3.05, 3.63) is 46.8 Å². The SMILES string of the molecule is Cc1nn(-c2ccc(F)cc2F)c(C)c1CNC[C@@H]([C@@H]1CCOC1)N1CCOCC1. The molecule has 0 aliphatic carbocycles. The first-order chi connectivity index (χ1) is 14.5. The van der Waals surface area contributed by atoms with Gasteiger partial charge in [-0.1, -0.05) is 0 Å². The molecule has 4 rings (SSSR count). The number of ether oxygens (including phenoxy) is 2. The van der Waals surface area contributed by atoms with Gasteiger partial charge in [0.15, 0.2) is 5.82 Å². The Hall–Kier alpha value is -1.87. The van der Waals surface area contributed by atoms with Gasteiger partial charge in [0.1, 0.15) is 11.5 Å². The van der Waals surface area contributed by atoms with Crippen LogP contribution in [0.15, 0.2) is 18.2 Å². The molecule has 2 aromatic rings. The summed E-state index contributed by atoms with van der Waals surface area (Å²) in [5, 5.41) is 8.10. The highest BCUT2D eigenvalue weighted by Crippen LogP contribution is 2.23. The number of aryl methyl sites for hydroxylation is 1. The fourth-order valence-corrected chi connectivity index (χ4v) is 4.52. The van der Waals surface area contributed by atoms with Crippen LogP contribution in [0, 0.1) is 31.4 Å². The Labute approximate surface area is 176 Å². The van der Waals surface area contributed by atoms with Gasteiger partial charge < -0.3 is 14.8 Å². The van der Waals surface area contributed by atoms with Gasteiger partial charge in [0, 0.05) is 62.1 Å². The second-order valence-corrected chi connectivity index (χ2v) is 8.13. The van der Waals surface area contributed by atoms with Crippen molar-refractivity contribution in [1.29, 1.82) is 0 Å². The van der Waals surface area contributed by atoms with Crippen molar-refractivity contribution in [2.75, 3.05) is 46.1 Å². The third kappa shape index (κ3) is 4.56. The molecule has 8 heteroatoms. The number of nitrogens with one attached hydrogen (secondary N) is 1. The minimum absolute atomic E-state index is 0.262. The molecule has 6 nitrogen and oxygen atoms in total. The standard InChI is InChI=1S/C22H30F2N4O2/c1-15-19(16(2)28(26-15)21-4-3-18(23)11-20(21)24)12-25-13-22(17-5-8-30-14-17)27-6-9-29-10-7-27/h3-4,11,17,22,25H,5-10,12-14H2,1-2H3/t17-,22+/m1/s1. The van der Waals surface area contributed by atoms with Crippen LogP contribution in [0.3, 0.4) is 0 Å². The average molecular weight is 421 g/mol. The molecule has 3 heterocycles. The summed E-state index contributed by atoms with van der Waals surface area (Å²) in [6, 6.07) is 3.97. The molecule has 2 atom stereocenters. The van der Waals surface area contributed by atoms with Gasteiger partial charge in [-0.25, -0.2) is 13.5 Å². The number of nitrogens with zero attached hydrogens (tertiary/aromatic N) is 3. The maximum Gasteiger partial charge on any atom is 0.151 e. The molecule has 164 valence electrons. The maximum atomic E-state index is 14.2. The maximum absolute atomic E-state index is 14.2. The Bertz CT molecular complexity index is 861. The lowest BCUT2D eigenvalue weighted by Crippen LogP contribution is -2.51. The van der Waals surface area contributed by atoms with Crippen molar-refractivity contribution < 1.29 is 18.3 Å². The smallest absolute Gasteiger partial charge is 0.151 e. The van der Waals surface area contributed by atoms with E-state index in [1.165, 1.54) is 12.1 Å². The summed E-state index contributed by atoms with van der Waals surface area (Å²) in [5.74, 6) is -0.688. The molecule has 0 amide bonds. The Balaban J connectivity index is 1.45. The quantitative estimate of drug-likeness (QED) is 0.746. The minimum Gasteiger partial charge on any atom is -0.381 e. The van der Waals surface area contributed by atoms with Crippen LogP contribution in [0.25, 0.3) is 5.69 Å². The number of halogens is 2. The molecule has 0 bridgehead atoms. The molecule has 2 saturated heterocycles. The third-order valence-electron chi connectivity index (χ3n) is 6.26. The third-order valence-corrected chi connectivity index (χ3v) is 6.26. The molecule has 1 N–H and O–H groups in total. The van der Waals surface area contributed by atoms with E-state index in [4.69, 9.17) is 9.47 Å². The van der Waals surface area contributed by atoms with E-state index in [9.17, 15) is 8.78 Å². The van der Waals surface area contributed by atoms with E-state index < -0.39 is 11.6 Å². The summed E-state index contributed by atoms with van der Waals surface area (Å²) in [6.07, 6.45) is 1.09. The van der Waals surface area contributed by atoms with E-state index in [2.05, 4.69) is 15.3 Å². The Morgan fingerprint density at radius 1 is 1.17 bits per heavy atom. The molecule has 2 aliphatic heterocycles. The Morgan fingerprint density at radius 3 is 2.67 bits per heavy atom. The highest BCUT2D eigenvalue weighted by molar-refractivity contribution is 5.38. The normalized spacial score (nSPS) is 21.3. The zero-order valence-electron chi connectivity index (χ0n) is 17.7. The van der Waals surface area contributed by atoms with Crippen molar-refractivity contribution in [2.24, 2.45) is 5.92 Å². The summed E-state index contributed by atoms with van der Waals surface area (Å²) in [5.41, 5.74) is 3.01. The van der Waals surface area contributed by atoms with E-state index in [0.717, 1.165) is 75.5 Å². The van der Waals surface area contributed by atoms with Gasteiger partial charge in [-0.2, -0.15) is 5.10 Å². The molecule has 1 aromatic carbocycles. The van der Waals surface area contributed by atoms with E-state index >= 15 is 0 Å². The first-order valence-electron chi connectivity index (χ1n) is 10.7. The van der Waals surface area contributed by atoms with Crippen molar-refractivity contribution in [3.8, 4) is 5.69 Å². The van der Waals surface area contributed by atoms with Crippen LogP contribution in [-0.4, -0.2) is 66.8 Å². The average Bonchev–Trinajstić information content (AvgIpc) is 3.35. The van der Waals surface area contributed by atoms with Crippen LogP contribution in [-0.2, 0) is 16.0 Å². The molecule has 2 fully saturated rings. The van der Waals surface area contributed by atoms with Crippen molar-refractivity contribution >= 4 is 0 Å². The van der Waals surface area contributed by atoms with Gasteiger partial charge in [-0.05, 0) is 32.4 Å². The van der Waals surface area contributed by atoms with E-state index in [1.54, 1.807) is 4.68 Å². The Morgan fingerprint density at radius 2 is 1.97 bits per heavy atom. The molecule has 0 unspecified atom stereocenters. The number of rotatable bonds is 7. The summed E-state index contributed by atoms with van der Waals surface area (Å²) in [4.78, 5) is 2.51. The number of aromatic nitrogens is 2. The number of morpholine rings is 1. The zero-order chi connectivity index (χ0) is 21.1. The van der Waals surface area contributed by atoms with Gasteiger partial charge in [0.05, 0.1) is 25.5 Å². The van der Waals surface area contributed by atoms with E-state index in [1.807, 2.05) is 13.8 Å². The molecule has 2 aliphatic rings. The minimum atomic E-state index is -0.617. The fourth-order valence-electron chi connectivity index (χ4n) is 4.52. The lowest BCUT2D eigenvalue weighted by molar-refractivity contribution is 0.00137. The second kappa shape index (κ2) is 9.51. The first kappa shape index (κ1) is 21.4. The monoisotopic (exact) mass is 420 g/mol. The molecule has 0 saturated carbocycles. The van der Waals surface area contributed by atoms with Crippen molar-refractivity contribution in [2.45, 2.75) is 32.9 Å². The molecule has 0 radical (unpaired) electrons. The van der Waals surface area contributed by atoms with Gasteiger partial charge in [-0.15, -0.1) is 0 Å². The number of benzene rings is 1. The van der Waals surface area contributed by atoms with Crippen molar-refractivity contribution in [1.82, 2.24) is 20.0 Å². The summed E-state index contributed by atoms with van der Waals surface area (Å²) >= 11 is 0. The predicted octanol–water partition coefficient (Wildman–Crippen LogP) is 2.59. The van der Waals surface area contributed by atoms with Crippen molar-refractivity contribution in [3.63, 3.8) is 0 Å². The lowest BCUT2D eigenvalue weighted by Gasteiger charge is -2.37. The number of hydrogen-bond acceptors (Lipinski definition) is 5. The van der Waals surface area contributed by atoms with Gasteiger partial charge in [0.25, 0.3) is 0 Å². The first-order valence-corrected chi connectivity index (χ1v) is 10.7. The Kier molecular flexibility index (Phi) is 6.77. The van der Waals surface area contributed by atoms with Crippen LogP contribution in [0.5, 0.6) is 0 Å². The lowest BCUT2D eigenvalue weighted by atomic mass is 9.96. The van der Waals surface area contributed by atoms with E-state index in [0.29, 0.717) is 18.5 Å². The van der Waals surface area contributed by atoms with Crippen LogP contribution < -0.4 is 5.32 Å². The second-order valence-electron chi connectivity index (χ2n) is 8.13. The van der Waals surface area contributed by atoms with Crippen LogP contribution in [0.4, 0.5) is 8.78 Å². The van der Waals surface area contributed by atoms with Crippen LogP contribution in [0.1, 0.15) is 23.4 Å². The molecule has 30 heavy (non-hydrogen) atoms. The van der Waals surface area contributed by atoms with Crippen LogP contribution in [0.2, 0.25) is 0 Å². The number of hydrogen-bond donors (Lipinski definition) is 1. The summed E-state index contributed by atoms with van der Waals surface area (Å²) in [7, 11) is 0. The van der Waals surface area contributed by atoms with Gasteiger partial charge >= 0.3 is 0 Å². The molecular weight excluding hydrogens is 390 g/mol. The largest absolute Gasteiger partial charge is 0.381 e. The molecule has 0 spiro atoms. The predicted molar refractivity (Wildman–Crippen MR) is 110 cm³/mol. The molecule has 1 aromatic heterocycles. The summed E-state index contributed by atoms with van der Waals surface area (Å²) in [6.45, 7) is 10.4. The highest BCUT2D eigenvalue weighted by Gasteiger charge is 2.31. The van der Waals surface area contributed by atoms with Gasteiger partial charge in [-0.3, -0.25) is 4.90 Å². The zero-order valence-corrected chi connectivity index (χ0v) is 17.7. The fraction of sp³-hybridized carbons (Fsp3) is 0.591. The topological polar surface area (TPSA) is 51.5 Å². The summed E-state index contributed by atoms with van der Waals surface area (Å²) < 4.78 is 40.2.